The van der Waals surface area contributed by atoms with Crippen LogP contribution in [-0.2, 0) is 0 Å². The molecule has 0 unspecified atom stereocenters. The number of amidine groups is 2. The molecule has 0 saturated heterocycles. The molecule has 55 heavy (non-hydrogen) atoms. The van der Waals surface area contributed by atoms with E-state index in [0.717, 1.165) is 54.9 Å². The first-order valence-electron chi connectivity index (χ1n) is 18.5. The number of fused-ring (bicyclic) bond motifs is 9. The molecule has 0 radical (unpaired) electrons. The molecule has 1 heterocycles. The van der Waals surface area contributed by atoms with E-state index in [2.05, 4.69) is 150 Å². The van der Waals surface area contributed by atoms with Crippen LogP contribution in [0.1, 0.15) is 16.7 Å². The molecule has 9 aromatic carbocycles. The molecule has 10 aromatic rings. The minimum absolute atomic E-state index is 0.141. The molecule has 0 aliphatic heterocycles. The van der Waals surface area contributed by atoms with Gasteiger partial charge >= 0.3 is 0 Å². The second-order valence-corrected chi connectivity index (χ2v) is 13.8. The Balaban J connectivity index is 0.000000513. The summed E-state index contributed by atoms with van der Waals surface area (Å²) in [5.41, 5.74) is 15.0. The monoisotopic (exact) mass is 706 g/mol. The minimum Gasteiger partial charge on any atom is -0.383 e. The first-order valence-corrected chi connectivity index (χ1v) is 18.5. The molecule has 10 rings (SSSR count). The Morgan fingerprint density at radius 1 is 0.473 bits per heavy atom. The summed E-state index contributed by atoms with van der Waals surface area (Å²) < 4.78 is 2.36. The highest BCUT2D eigenvalue weighted by molar-refractivity contribution is 6.30. The average Bonchev–Trinajstić information content (AvgIpc) is 3.58. The summed E-state index contributed by atoms with van der Waals surface area (Å²) in [6.45, 7) is 2.08. The molecule has 0 aliphatic rings. The Morgan fingerprint density at radius 3 is 1.69 bits per heavy atom. The lowest BCUT2D eigenvalue weighted by atomic mass is 9.89. The van der Waals surface area contributed by atoms with E-state index in [1.54, 1.807) is 0 Å². The van der Waals surface area contributed by atoms with Crippen LogP contribution in [0.4, 0.5) is 0 Å². The highest BCUT2D eigenvalue weighted by Gasteiger charge is 2.17. The van der Waals surface area contributed by atoms with Crippen molar-refractivity contribution in [3.8, 4) is 16.8 Å². The van der Waals surface area contributed by atoms with Gasteiger partial charge in [-0.25, -0.2) is 4.99 Å². The molecular formula is C51H38N4. The van der Waals surface area contributed by atoms with Gasteiger partial charge in [-0.2, -0.15) is 0 Å². The summed E-state index contributed by atoms with van der Waals surface area (Å²) in [4.78, 5) is 4.58. The topological polar surface area (TPSA) is 67.2 Å². The number of nitrogens with one attached hydrogen (secondary N) is 1. The predicted molar refractivity (Wildman–Crippen MR) is 234 cm³/mol. The van der Waals surface area contributed by atoms with E-state index in [4.69, 9.17) is 11.1 Å². The van der Waals surface area contributed by atoms with Gasteiger partial charge in [0, 0.05) is 33.0 Å². The molecule has 0 atom stereocenters. The number of rotatable bonds is 4. The SMILES string of the molecule is Cc1ccccc1.N=C(N=C(N)c1ccccc1)c1cccc2c3ccccc3c3cc(-c4ccc5c6ccccc6n(-c6ccccc6)c5c4)ccc3c12. The zero-order valence-corrected chi connectivity index (χ0v) is 30.4. The molecule has 0 saturated carbocycles. The van der Waals surface area contributed by atoms with Crippen LogP contribution in [0.15, 0.2) is 199 Å². The van der Waals surface area contributed by atoms with Gasteiger partial charge in [0.05, 0.1) is 11.0 Å². The highest BCUT2D eigenvalue weighted by Crippen LogP contribution is 2.40. The molecular weight excluding hydrogens is 669 g/mol. The number of para-hydroxylation sites is 2. The van der Waals surface area contributed by atoms with Crippen LogP contribution in [-0.4, -0.2) is 16.2 Å². The lowest BCUT2D eigenvalue weighted by Crippen LogP contribution is -2.15. The van der Waals surface area contributed by atoms with Crippen molar-refractivity contribution in [2.75, 3.05) is 0 Å². The second-order valence-electron chi connectivity index (χ2n) is 13.8. The third-order valence-corrected chi connectivity index (χ3v) is 10.4. The molecule has 4 nitrogen and oxygen atoms in total. The average molecular weight is 707 g/mol. The van der Waals surface area contributed by atoms with Crippen molar-refractivity contribution in [3.63, 3.8) is 0 Å². The number of benzene rings is 9. The van der Waals surface area contributed by atoms with Crippen LogP contribution in [0.5, 0.6) is 0 Å². The van der Waals surface area contributed by atoms with Crippen LogP contribution < -0.4 is 5.73 Å². The smallest absolute Gasteiger partial charge is 0.154 e. The summed E-state index contributed by atoms with van der Waals surface area (Å²) in [6, 6.07) is 67.3. The van der Waals surface area contributed by atoms with Gasteiger partial charge in [-0.15, -0.1) is 0 Å². The first-order chi connectivity index (χ1) is 27.0. The number of aryl methyl sites for hydroxylation is 1. The van der Waals surface area contributed by atoms with Crippen LogP contribution in [0.25, 0.3) is 70.9 Å². The fourth-order valence-corrected chi connectivity index (χ4v) is 7.78. The number of aliphatic imine (C=N–C) groups is 1. The number of hydrogen-bond donors (Lipinski definition) is 2. The summed E-state index contributed by atoms with van der Waals surface area (Å²) in [5, 5.41) is 18.2. The Bertz CT molecular complexity index is 3050. The lowest BCUT2D eigenvalue weighted by molar-refractivity contribution is 1.18. The quantitative estimate of drug-likeness (QED) is 0.107. The summed E-state index contributed by atoms with van der Waals surface area (Å²) in [6.07, 6.45) is 0. The zero-order chi connectivity index (χ0) is 37.3. The van der Waals surface area contributed by atoms with Gasteiger partial charge < -0.3 is 10.3 Å². The number of nitrogens with zero attached hydrogens (tertiary/aromatic N) is 2. The standard InChI is InChI=1S/C44H30N4.C7H8/c45-43(28-12-3-1-4-13-28)47-44(46)38-20-11-19-36-32-16-7-8-17-33(32)39-26-29(23-25-37(39)42(36)38)30-22-24-35-34-18-9-10-21-40(34)48(41(35)27-30)31-14-5-2-6-15-31;1-7-5-3-2-4-6-7/h1-27H,(H3,45,46,47);2-6H,1H3. The maximum Gasteiger partial charge on any atom is 0.154 e. The molecule has 3 N–H and O–H groups in total. The molecule has 0 aliphatic carbocycles. The van der Waals surface area contributed by atoms with Gasteiger partial charge in [-0.05, 0) is 75.3 Å². The van der Waals surface area contributed by atoms with E-state index in [-0.39, 0.29) is 5.84 Å². The van der Waals surface area contributed by atoms with E-state index in [1.165, 1.54) is 32.8 Å². The Hall–Kier alpha value is -7.30. The lowest BCUT2D eigenvalue weighted by Gasteiger charge is -2.15. The Labute approximate surface area is 320 Å². The van der Waals surface area contributed by atoms with Crippen molar-refractivity contribution < 1.29 is 0 Å². The van der Waals surface area contributed by atoms with Crippen molar-refractivity contribution in [1.82, 2.24) is 4.57 Å². The van der Waals surface area contributed by atoms with E-state index < -0.39 is 0 Å². The first kappa shape index (κ1) is 33.5. The molecule has 0 spiro atoms. The maximum atomic E-state index is 9.10. The van der Waals surface area contributed by atoms with Crippen LogP contribution in [0.2, 0.25) is 0 Å². The van der Waals surface area contributed by atoms with Crippen LogP contribution in [0.3, 0.4) is 0 Å². The number of nitrogens with two attached hydrogens (primary N) is 1. The second kappa shape index (κ2) is 14.3. The summed E-state index contributed by atoms with van der Waals surface area (Å²) in [5.74, 6) is 0.468. The van der Waals surface area contributed by atoms with Gasteiger partial charge in [0.2, 0.25) is 0 Å². The molecule has 4 heteroatoms. The number of aromatic nitrogens is 1. The predicted octanol–water partition coefficient (Wildman–Crippen LogP) is 12.6. The van der Waals surface area contributed by atoms with Crippen LogP contribution >= 0.6 is 0 Å². The largest absolute Gasteiger partial charge is 0.383 e. The third-order valence-electron chi connectivity index (χ3n) is 10.4. The van der Waals surface area contributed by atoms with Crippen molar-refractivity contribution in [2.45, 2.75) is 6.92 Å². The normalized spacial score (nSPS) is 11.6. The Morgan fingerprint density at radius 2 is 1.00 bits per heavy atom. The fraction of sp³-hybridized carbons (Fsp3) is 0.0196. The van der Waals surface area contributed by atoms with Crippen molar-refractivity contribution in [2.24, 2.45) is 10.7 Å². The van der Waals surface area contributed by atoms with Crippen molar-refractivity contribution in [3.05, 3.63) is 211 Å². The minimum atomic E-state index is 0.141. The van der Waals surface area contributed by atoms with Gasteiger partial charge in [-0.1, -0.05) is 169 Å². The van der Waals surface area contributed by atoms with Gasteiger partial charge in [0.25, 0.3) is 0 Å². The summed E-state index contributed by atoms with van der Waals surface area (Å²) >= 11 is 0. The highest BCUT2D eigenvalue weighted by atomic mass is 15.0. The fourth-order valence-electron chi connectivity index (χ4n) is 7.78. The molecule has 0 amide bonds. The molecule has 262 valence electrons. The summed E-state index contributed by atoms with van der Waals surface area (Å²) in [7, 11) is 0. The van der Waals surface area contributed by atoms with Crippen LogP contribution in [0, 0.1) is 12.3 Å². The molecule has 0 bridgehead atoms. The zero-order valence-electron chi connectivity index (χ0n) is 30.4. The molecule has 1 aromatic heterocycles. The third kappa shape index (κ3) is 6.20. The van der Waals surface area contributed by atoms with E-state index in [1.807, 2.05) is 60.7 Å². The number of hydrogen-bond acceptors (Lipinski definition) is 1. The van der Waals surface area contributed by atoms with Gasteiger partial charge in [-0.3, -0.25) is 5.41 Å². The van der Waals surface area contributed by atoms with Crippen molar-refractivity contribution in [1.29, 1.82) is 5.41 Å². The van der Waals surface area contributed by atoms with Crippen molar-refractivity contribution >= 4 is 65.8 Å². The molecule has 0 fully saturated rings. The van der Waals surface area contributed by atoms with E-state index in [9.17, 15) is 0 Å². The van der Waals surface area contributed by atoms with E-state index >= 15 is 0 Å². The van der Waals surface area contributed by atoms with Gasteiger partial charge in [0.15, 0.2) is 5.84 Å². The van der Waals surface area contributed by atoms with Gasteiger partial charge in [0.1, 0.15) is 5.84 Å². The van der Waals surface area contributed by atoms with E-state index in [0.29, 0.717) is 5.84 Å². The maximum absolute atomic E-state index is 9.10. The Kier molecular flexibility index (Phi) is 8.69.